The van der Waals surface area contributed by atoms with Crippen LogP contribution in [-0.2, 0) is 65.4 Å². The molecule has 3 N–H and O–H groups in total. The fourth-order valence-electron chi connectivity index (χ4n) is 13.6. The third-order valence-electron chi connectivity index (χ3n) is 20.9. The fourth-order valence-corrected chi connectivity index (χ4v) is 15.1. The number of hydrogen-bond donors (Lipinski definition) is 3. The second kappa shape index (κ2) is 80.7. The van der Waals surface area contributed by atoms with Gasteiger partial charge in [-0.25, -0.2) is 9.13 Å². The van der Waals surface area contributed by atoms with Gasteiger partial charge in [-0.1, -0.05) is 406 Å². The van der Waals surface area contributed by atoms with Crippen molar-refractivity contribution in [3.05, 3.63) is 24.3 Å². The summed E-state index contributed by atoms with van der Waals surface area (Å²) in [5.41, 5.74) is 0. The maximum absolute atomic E-state index is 13.2. The molecule has 0 aliphatic carbocycles. The van der Waals surface area contributed by atoms with Crippen LogP contribution < -0.4 is 0 Å². The van der Waals surface area contributed by atoms with Crippen molar-refractivity contribution >= 4 is 39.5 Å². The normalized spacial score (nSPS) is 14.1. The monoisotopic (exact) mass is 1590 g/mol. The summed E-state index contributed by atoms with van der Waals surface area (Å²) in [6, 6.07) is 0. The third kappa shape index (κ3) is 81.9. The zero-order chi connectivity index (χ0) is 79.9. The Morgan fingerprint density at radius 3 is 0.826 bits per heavy atom. The molecular formula is C90H172O17P2. The number of phosphoric acid groups is 2. The van der Waals surface area contributed by atoms with Crippen molar-refractivity contribution in [1.29, 1.82) is 0 Å². The third-order valence-corrected chi connectivity index (χ3v) is 22.8. The molecule has 0 saturated carbocycles. The van der Waals surface area contributed by atoms with Crippen LogP contribution >= 0.6 is 15.6 Å². The summed E-state index contributed by atoms with van der Waals surface area (Å²) in [5, 5.41) is 10.7. The second-order valence-corrected chi connectivity index (χ2v) is 35.3. The molecule has 0 amide bonds. The zero-order valence-electron chi connectivity index (χ0n) is 71.4. The zero-order valence-corrected chi connectivity index (χ0v) is 73.1. The van der Waals surface area contributed by atoms with Gasteiger partial charge in [-0.3, -0.25) is 37.3 Å². The van der Waals surface area contributed by atoms with E-state index in [1.165, 1.54) is 263 Å². The number of aliphatic hydroxyl groups is 1. The van der Waals surface area contributed by atoms with Crippen LogP contribution in [0.2, 0.25) is 0 Å². The molecule has 0 saturated heterocycles. The minimum absolute atomic E-state index is 0.0849. The Hall–Kier alpha value is -2.46. The molecule has 0 rings (SSSR count). The molecule has 0 fully saturated rings. The lowest BCUT2D eigenvalue weighted by molar-refractivity contribution is -0.161. The van der Waals surface area contributed by atoms with E-state index in [0.717, 1.165) is 115 Å². The number of carbonyl (C=O) groups is 4. The van der Waals surface area contributed by atoms with Gasteiger partial charge < -0.3 is 33.8 Å². The number of rotatable bonds is 87. The lowest BCUT2D eigenvalue weighted by Crippen LogP contribution is -2.30. The van der Waals surface area contributed by atoms with Crippen LogP contribution in [0, 0.1) is 11.8 Å². The van der Waals surface area contributed by atoms with Gasteiger partial charge in [0.1, 0.15) is 19.3 Å². The second-order valence-electron chi connectivity index (χ2n) is 32.4. The quantitative estimate of drug-likeness (QED) is 0.0169. The number of hydrogen-bond acceptors (Lipinski definition) is 15. The van der Waals surface area contributed by atoms with Gasteiger partial charge in [0.2, 0.25) is 0 Å². The fraction of sp³-hybridized carbons (Fsp3) is 0.911. The molecule has 17 nitrogen and oxygen atoms in total. The maximum atomic E-state index is 13.2. The van der Waals surface area contributed by atoms with E-state index in [9.17, 15) is 43.2 Å². The molecular weight excluding hydrogens is 1410 g/mol. The summed E-state index contributed by atoms with van der Waals surface area (Å²) in [5.74, 6) is -0.536. The molecule has 0 spiro atoms. The van der Waals surface area contributed by atoms with Crippen LogP contribution in [0.15, 0.2) is 24.3 Å². The Morgan fingerprint density at radius 1 is 0.303 bits per heavy atom. The van der Waals surface area contributed by atoms with Crippen molar-refractivity contribution in [2.45, 2.75) is 477 Å². The Labute approximate surface area is 669 Å². The van der Waals surface area contributed by atoms with E-state index in [2.05, 4.69) is 65.8 Å². The van der Waals surface area contributed by atoms with Gasteiger partial charge in [0, 0.05) is 25.7 Å². The first-order valence-electron chi connectivity index (χ1n) is 45.8. The van der Waals surface area contributed by atoms with Crippen molar-refractivity contribution in [3.63, 3.8) is 0 Å². The van der Waals surface area contributed by atoms with Crippen molar-refractivity contribution in [2.75, 3.05) is 39.6 Å². The number of phosphoric ester groups is 2. The van der Waals surface area contributed by atoms with E-state index in [0.29, 0.717) is 25.7 Å². The predicted octanol–water partition coefficient (Wildman–Crippen LogP) is 27.3. The molecule has 644 valence electrons. The van der Waals surface area contributed by atoms with E-state index in [-0.39, 0.29) is 25.7 Å². The number of carbonyl (C=O) groups excluding carboxylic acids is 4. The molecule has 0 aromatic heterocycles. The molecule has 3 unspecified atom stereocenters. The molecule has 0 bridgehead atoms. The highest BCUT2D eigenvalue weighted by molar-refractivity contribution is 7.47. The number of allylic oxidation sites excluding steroid dienone is 4. The van der Waals surface area contributed by atoms with Crippen molar-refractivity contribution in [3.8, 4) is 0 Å². The minimum Gasteiger partial charge on any atom is -0.462 e. The highest BCUT2D eigenvalue weighted by Gasteiger charge is 2.31. The highest BCUT2D eigenvalue weighted by atomic mass is 31.2. The molecule has 19 heteroatoms. The number of esters is 4. The van der Waals surface area contributed by atoms with Crippen LogP contribution in [0.4, 0.5) is 0 Å². The molecule has 0 aromatic rings. The van der Waals surface area contributed by atoms with Crippen molar-refractivity contribution in [1.82, 2.24) is 0 Å². The van der Waals surface area contributed by atoms with Crippen LogP contribution in [0.1, 0.15) is 459 Å². The van der Waals surface area contributed by atoms with Gasteiger partial charge in [0.15, 0.2) is 12.2 Å². The van der Waals surface area contributed by atoms with E-state index in [1.54, 1.807) is 0 Å². The van der Waals surface area contributed by atoms with Gasteiger partial charge in [0.25, 0.3) is 0 Å². The van der Waals surface area contributed by atoms with Gasteiger partial charge >= 0.3 is 39.5 Å². The molecule has 0 heterocycles. The van der Waals surface area contributed by atoms with Gasteiger partial charge in [-0.05, 0) is 63.2 Å². The average Bonchev–Trinajstić information content (AvgIpc) is 0.899. The van der Waals surface area contributed by atoms with Crippen LogP contribution in [0.5, 0.6) is 0 Å². The smallest absolute Gasteiger partial charge is 0.462 e. The Morgan fingerprint density at radius 2 is 0.541 bits per heavy atom. The Balaban J connectivity index is 5.27. The number of unbranched alkanes of at least 4 members (excludes halogenated alkanes) is 53. The van der Waals surface area contributed by atoms with Crippen molar-refractivity contribution in [2.24, 2.45) is 11.8 Å². The summed E-state index contributed by atoms with van der Waals surface area (Å²) < 4.78 is 69.0. The SMILES string of the molecule is CCCCCC/C=C\C=C/CCCCCCCC(=O)O[C@H](COC(=O)CCCCCCCCCCC(C)CC)COP(=O)(O)OC[C@H](O)COP(=O)(O)OC[C@@H](COC(=O)CCCCCCCCCCCCCCCCCCCCCCC)OC(=O)CCCCCCCCCCCCCCCCCCCCC(C)C. The Bertz CT molecular complexity index is 2180. The molecule has 109 heavy (non-hydrogen) atoms. The van der Waals surface area contributed by atoms with E-state index >= 15 is 0 Å². The molecule has 0 aromatic carbocycles. The molecule has 0 radical (unpaired) electrons. The standard InChI is InChI=1S/C90H172O17P2/c1-7-10-12-14-16-18-20-22-24-25-26-27-28-32-36-39-43-47-54-60-66-72-87(92)100-78-85(106-89(94)75-69-63-57-49-45-41-37-33-30-29-31-35-38-42-46-52-58-64-70-82(4)5)80-104-108(96,97)102-76-84(91)77-103-109(98,99)105-81-86(79-101-88(93)73-67-61-55-51-50-53-59-65-71-83(6)9-3)107-90(95)74-68-62-56-48-44-40-34-23-21-19-17-15-13-11-8-2/h19,21,23,34,82-86,91H,7-18,20,22,24-33,35-81H2,1-6H3,(H,96,97)(H,98,99)/b21-19-,34-23-/t83?,84-,85-,86-/m1/s1. The van der Waals surface area contributed by atoms with Gasteiger partial charge in [-0.2, -0.15) is 0 Å². The van der Waals surface area contributed by atoms with Crippen LogP contribution in [0.3, 0.4) is 0 Å². The number of ether oxygens (including phenoxy) is 4. The topological polar surface area (TPSA) is 237 Å². The summed E-state index contributed by atoms with van der Waals surface area (Å²) in [7, 11) is -9.95. The lowest BCUT2D eigenvalue weighted by Gasteiger charge is -2.21. The summed E-state index contributed by atoms with van der Waals surface area (Å²) >= 11 is 0. The first-order valence-corrected chi connectivity index (χ1v) is 48.8. The van der Waals surface area contributed by atoms with Crippen molar-refractivity contribution < 1.29 is 80.2 Å². The molecule has 0 aliphatic rings. The molecule has 6 atom stereocenters. The minimum atomic E-state index is -4.97. The van der Waals surface area contributed by atoms with E-state index < -0.39 is 97.5 Å². The number of aliphatic hydroxyl groups excluding tert-OH is 1. The largest absolute Gasteiger partial charge is 0.472 e. The summed E-state index contributed by atoms with van der Waals surface area (Å²) in [4.78, 5) is 73.3. The Kier molecular flexibility index (Phi) is 78.9. The van der Waals surface area contributed by atoms with E-state index in [4.69, 9.17) is 37.0 Å². The highest BCUT2D eigenvalue weighted by Crippen LogP contribution is 2.45. The van der Waals surface area contributed by atoms with Crippen LogP contribution in [0.25, 0.3) is 0 Å². The van der Waals surface area contributed by atoms with Gasteiger partial charge in [0.05, 0.1) is 26.4 Å². The summed E-state index contributed by atoms with van der Waals surface area (Å²) in [6.45, 7) is 9.66. The van der Waals surface area contributed by atoms with Gasteiger partial charge in [-0.15, -0.1) is 0 Å². The maximum Gasteiger partial charge on any atom is 0.472 e. The first kappa shape index (κ1) is 107. The lowest BCUT2D eigenvalue weighted by atomic mass is 9.99. The van der Waals surface area contributed by atoms with E-state index in [1.807, 2.05) is 0 Å². The predicted molar refractivity (Wildman–Crippen MR) is 451 cm³/mol. The van der Waals surface area contributed by atoms with Crippen LogP contribution in [-0.4, -0.2) is 96.7 Å². The molecule has 0 aliphatic heterocycles. The average molecular weight is 1590 g/mol. The summed E-state index contributed by atoms with van der Waals surface area (Å²) in [6.07, 6.45) is 77.3. The first-order chi connectivity index (χ1) is 52.9.